The van der Waals surface area contributed by atoms with Crippen LogP contribution in [0.2, 0.25) is 0 Å². The zero-order valence-corrected chi connectivity index (χ0v) is 21.8. The molecule has 0 aliphatic carbocycles. The number of amides is 3. The highest BCUT2D eigenvalue weighted by molar-refractivity contribution is 5.98. The number of carbonyl (C=O) groups excluding carboxylic acids is 3. The van der Waals surface area contributed by atoms with Crippen LogP contribution in [0, 0.1) is 6.92 Å². The maximum Gasteiger partial charge on any atom is 0.252 e. The van der Waals surface area contributed by atoms with E-state index in [1.807, 2.05) is 50.2 Å². The highest BCUT2D eigenvalue weighted by Gasteiger charge is 2.27. The van der Waals surface area contributed by atoms with Crippen molar-refractivity contribution in [1.82, 2.24) is 30.9 Å². The number of aromatic nitrogens is 3. The first-order chi connectivity index (χ1) is 18.4. The lowest BCUT2D eigenvalue weighted by atomic mass is 10.0. The van der Waals surface area contributed by atoms with Crippen LogP contribution in [0.4, 0.5) is 0 Å². The van der Waals surface area contributed by atoms with Gasteiger partial charge in [-0.25, -0.2) is 4.68 Å². The average molecular weight is 519 g/mol. The van der Waals surface area contributed by atoms with Gasteiger partial charge in [-0.2, -0.15) is 0 Å². The molecule has 3 N–H and O–H groups in total. The Bertz CT molecular complexity index is 1260. The van der Waals surface area contributed by atoms with Crippen LogP contribution >= 0.6 is 0 Å². The van der Waals surface area contributed by atoms with E-state index in [1.54, 1.807) is 23.0 Å². The molecule has 1 aromatic heterocycles. The lowest BCUT2D eigenvalue weighted by Gasteiger charge is -2.23. The fourth-order valence-electron chi connectivity index (χ4n) is 4.23. The minimum atomic E-state index is -0.834. The highest BCUT2D eigenvalue weighted by atomic mass is 16.5. The lowest BCUT2D eigenvalue weighted by Crippen LogP contribution is -2.54. The summed E-state index contributed by atoms with van der Waals surface area (Å²) in [5.74, 6) is -0.537. The van der Waals surface area contributed by atoms with Gasteiger partial charge in [0.15, 0.2) is 0 Å². The predicted molar refractivity (Wildman–Crippen MR) is 141 cm³/mol. The fourth-order valence-corrected chi connectivity index (χ4v) is 4.23. The van der Waals surface area contributed by atoms with E-state index in [2.05, 4.69) is 26.3 Å². The van der Waals surface area contributed by atoms with Gasteiger partial charge in [0.25, 0.3) is 5.91 Å². The van der Waals surface area contributed by atoms with E-state index in [0.29, 0.717) is 43.0 Å². The second-order valence-corrected chi connectivity index (χ2v) is 9.44. The van der Waals surface area contributed by atoms with Gasteiger partial charge in [0.05, 0.1) is 19.3 Å². The molecule has 0 spiro atoms. The van der Waals surface area contributed by atoms with Gasteiger partial charge in [-0.05, 0) is 36.6 Å². The van der Waals surface area contributed by atoms with Crippen molar-refractivity contribution < 1.29 is 19.1 Å². The Morgan fingerprint density at radius 1 is 1.03 bits per heavy atom. The monoisotopic (exact) mass is 518 g/mol. The van der Waals surface area contributed by atoms with E-state index in [1.165, 1.54) is 0 Å². The van der Waals surface area contributed by atoms with E-state index in [0.717, 1.165) is 24.0 Å². The van der Waals surface area contributed by atoms with Gasteiger partial charge in [-0.3, -0.25) is 14.4 Å². The summed E-state index contributed by atoms with van der Waals surface area (Å²) in [6.45, 7) is 4.86. The number of benzene rings is 2. The molecule has 0 unspecified atom stereocenters. The summed E-state index contributed by atoms with van der Waals surface area (Å²) in [4.78, 5) is 39.8. The standard InChI is InChI=1S/C28H34N6O4/c1-3-4-10-23-28(37)31-24(15-20-8-6-5-7-9-20)27(36)29-17-22-18-34(33-32-22)13-14-38-25-16-21(26(35)30-23)12-11-19(25)2/h5-9,11-12,16,18,23-24H,3-4,10,13-15,17H2,1-2H3,(H,29,36)(H,30,35)(H,31,37)/t23-,24-/m0/s1. The molecule has 200 valence electrons. The van der Waals surface area contributed by atoms with Crippen LogP contribution in [-0.2, 0) is 29.1 Å². The molecule has 0 fully saturated rings. The smallest absolute Gasteiger partial charge is 0.252 e. The van der Waals surface area contributed by atoms with Gasteiger partial charge in [0, 0.05) is 12.0 Å². The second-order valence-electron chi connectivity index (χ2n) is 9.44. The largest absolute Gasteiger partial charge is 0.491 e. The normalized spacial score (nSPS) is 18.8. The SMILES string of the molecule is CCCC[C@@H]1NC(=O)c2ccc(C)c(c2)OCCn2cc(nn2)CNC(=O)[C@H](Cc2ccccc2)NC1=O. The molecule has 3 amide bonds. The third kappa shape index (κ3) is 7.18. The average Bonchev–Trinajstić information content (AvgIpc) is 3.37. The van der Waals surface area contributed by atoms with Crippen LogP contribution in [-0.4, -0.2) is 51.4 Å². The first-order valence-corrected chi connectivity index (χ1v) is 13.0. The number of fused-ring (bicyclic) bond motifs is 4. The van der Waals surface area contributed by atoms with E-state index in [-0.39, 0.29) is 18.4 Å². The fraction of sp³-hybridized carbons (Fsp3) is 0.393. The minimum absolute atomic E-state index is 0.165. The van der Waals surface area contributed by atoms with Crippen molar-refractivity contribution in [1.29, 1.82) is 0 Å². The zero-order valence-electron chi connectivity index (χ0n) is 21.8. The molecule has 10 nitrogen and oxygen atoms in total. The summed E-state index contributed by atoms with van der Waals surface area (Å²) in [5, 5.41) is 16.9. The number of nitrogens with one attached hydrogen (secondary N) is 3. The summed E-state index contributed by atoms with van der Waals surface area (Å²) in [6, 6.07) is 13.1. The summed E-state index contributed by atoms with van der Waals surface area (Å²) < 4.78 is 7.56. The molecule has 4 rings (SSSR count). The van der Waals surface area contributed by atoms with Gasteiger partial charge in [0.2, 0.25) is 11.8 Å². The number of unbranched alkanes of at least 4 members (excludes halogenated alkanes) is 1. The third-order valence-corrected chi connectivity index (χ3v) is 6.44. The molecule has 2 heterocycles. The summed E-state index contributed by atoms with van der Waals surface area (Å²) in [5.41, 5.74) is 2.78. The van der Waals surface area contributed by atoms with Crippen LogP contribution in [0.5, 0.6) is 5.75 Å². The molecular formula is C28H34N6O4. The summed E-state index contributed by atoms with van der Waals surface area (Å²) in [6.07, 6.45) is 4.10. The van der Waals surface area contributed by atoms with Crippen molar-refractivity contribution >= 4 is 17.7 Å². The molecular weight excluding hydrogens is 484 g/mol. The van der Waals surface area contributed by atoms with E-state index < -0.39 is 18.0 Å². The molecule has 0 radical (unpaired) electrons. The van der Waals surface area contributed by atoms with Crippen molar-refractivity contribution in [3.8, 4) is 5.75 Å². The zero-order chi connectivity index (χ0) is 26.9. The van der Waals surface area contributed by atoms with Crippen molar-refractivity contribution in [2.24, 2.45) is 0 Å². The molecule has 2 atom stereocenters. The molecule has 4 bridgehead atoms. The van der Waals surface area contributed by atoms with Gasteiger partial charge in [-0.15, -0.1) is 5.10 Å². The van der Waals surface area contributed by atoms with Crippen LogP contribution in [0.3, 0.4) is 0 Å². The Kier molecular flexibility index (Phi) is 9.07. The molecule has 38 heavy (non-hydrogen) atoms. The second kappa shape index (κ2) is 12.8. The molecule has 1 aliphatic rings. The summed E-state index contributed by atoms with van der Waals surface area (Å²) in [7, 11) is 0. The maximum atomic E-state index is 13.4. The number of hydrogen-bond donors (Lipinski definition) is 3. The topological polar surface area (TPSA) is 127 Å². The van der Waals surface area contributed by atoms with E-state index in [4.69, 9.17) is 4.74 Å². The van der Waals surface area contributed by atoms with Crippen LogP contribution < -0.4 is 20.7 Å². The molecule has 0 saturated carbocycles. The number of rotatable bonds is 5. The summed E-state index contributed by atoms with van der Waals surface area (Å²) >= 11 is 0. The number of nitrogens with zero attached hydrogens (tertiary/aromatic N) is 3. The Hall–Kier alpha value is -4.21. The Morgan fingerprint density at radius 2 is 1.84 bits per heavy atom. The van der Waals surface area contributed by atoms with Gasteiger partial charge < -0.3 is 20.7 Å². The third-order valence-electron chi connectivity index (χ3n) is 6.44. The van der Waals surface area contributed by atoms with Gasteiger partial charge in [0.1, 0.15) is 30.1 Å². The van der Waals surface area contributed by atoms with Gasteiger partial charge in [-0.1, -0.05) is 61.4 Å². The maximum absolute atomic E-state index is 13.4. The molecule has 10 heteroatoms. The van der Waals surface area contributed by atoms with Crippen molar-refractivity contribution in [3.63, 3.8) is 0 Å². The Labute approximate surface area is 222 Å². The molecule has 3 aromatic rings. The van der Waals surface area contributed by atoms with Crippen molar-refractivity contribution in [3.05, 3.63) is 77.1 Å². The minimum Gasteiger partial charge on any atom is -0.491 e. The molecule has 2 aromatic carbocycles. The van der Waals surface area contributed by atoms with E-state index >= 15 is 0 Å². The lowest BCUT2D eigenvalue weighted by molar-refractivity contribution is -0.130. The van der Waals surface area contributed by atoms with Gasteiger partial charge >= 0.3 is 0 Å². The van der Waals surface area contributed by atoms with Crippen LogP contribution in [0.25, 0.3) is 0 Å². The quantitative estimate of drug-likeness (QED) is 0.476. The number of carbonyl (C=O) groups is 3. The van der Waals surface area contributed by atoms with Crippen LogP contribution in [0.1, 0.15) is 53.4 Å². The van der Waals surface area contributed by atoms with Crippen LogP contribution in [0.15, 0.2) is 54.7 Å². The van der Waals surface area contributed by atoms with E-state index in [9.17, 15) is 14.4 Å². The highest BCUT2D eigenvalue weighted by Crippen LogP contribution is 2.20. The molecule has 1 aliphatic heterocycles. The number of hydrogen-bond acceptors (Lipinski definition) is 6. The molecule has 0 saturated heterocycles. The Balaban J connectivity index is 1.63. The number of ether oxygens (including phenoxy) is 1. The van der Waals surface area contributed by atoms with Crippen molar-refractivity contribution in [2.75, 3.05) is 6.61 Å². The van der Waals surface area contributed by atoms with Crippen molar-refractivity contribution in [2.45, 2.75) is 64.7 Å². The predicted octanol–water partition coefficient (Wildman–Crippen LogP) is 2.31. The number of aryl methyl sites for hydroxylation is 1. The Morgan fingerprint density at radius 3 is 2.63 bits per heavy atom. The first kappa shape index (κ1) is 26.8. The first-order valence-electron chi connectivity index (χ1n) is 13.0.